The van der Waals surface area contributed by atoms with Crippen LogP contribution in [0.25, 0.3) is 11.0 Å². The quantitative estimate of drug-likeness (QED) is 0.234. The second-order valence-electron chi connectivity index (χ2n) is 6.30. The van der Waals surface area contributed by atoms with Gasteiger partial charge in [-0.15, -0.1) is 0 Å². The van der Waals surface area contributed by atoms with E-state index in [-0.39, 0.29) is 5.97 Å². The average Bonchev–Trinajstić information content (AvgIpc) is 3.12. The fourth-order valence-corrected chi connectivity index (χ4v) is 2.73. The molecule has 0 aliphatic rings. The first-order valence-corrected chi connectivity index (χ1v) is 8.80. The van der Waals surface area contributed by atoms with Gasteiger partial charge in [0.25, 0.3) is 0 Å². The van der Waals surface area contributed by atoms with Crippen LogP contribution in [0, 0.1) is 6.92 Å². The maximum atomic E-state index is 12.2. The van der Waals surface area contributed by atoms with Gasteiger partial charge in [0.1, 0.15) is 5.75 Å². The topological polar surface area (TPSA) is 79.4 Å². The minimum Gasteiger partial charge on any atom is -0.423 e. The Bertz CT molecular complexity index is 1110. The standard InChI is InChI=1S/C22H18N4O2/c1-15-5-4-6-17(13-15)21(27)28-18-11-9-16(10-12-18)14-23-26-22-24-19-7-2-3-8-20(19)25-22/h2-14H,1H3,(H2,24,25,26)/b23-14-. The van der Waals surface area contributed by atoms with Gasteiger partial charge in [-0.1, -0.05) is 29.8 Å². The lowest BCUT2D eigenvalue weighted by molar-refractivity contribution is 0.0734. The number of fused-ring (bicyclic) bond motifs is 1. The van der Waals surface area contributed by atoms with Gasteiger partial charge in [0.15, 0.2) is 0 Å². The maximum absolute atomic E-state index is 12.2. The monoisotopic (exact) mass is 370 g/mol. The van der Waals surface area contributed by atoms with Gasteiger partial charge in [0, 0.05) is 0 Å². The number of nitrogens with zero attached hydrogens (tertiary/aromatic N) is 2. The molecule has 0 atom stereocenters. The van der Waals surface area contributed by atoms with Crippen LogP contribution in [0.5, 0.6) is 5.75 Å². The number of anilines is 1. The summed E-state index contributed by atoms with van der Waals surface area (Å²) >= 11 is 0. The second kappa shape index (κ2) is 7.75. The average molecular weight is 370 g/mol. The van der Waals surface area contributed by atoms with E-state index in [0.29, 0.717) is 17.3 Å². The zero-order valence-corrected chi connectivity index (χ0v) is 15.2. The summed E-state index contributed by atoms with van der Waals surface area (Å²) < 4.78 is 5.40. The maximum Gasteiger partial charge on any atom is 0.343 e. The van der Waals surface area contributed by atoms with Gasteiger partial charge in [0.05, 0.1) is 22.8 Å². The zero-order valence-electron chi connectivity index (χ0n) is 15.2. The number of hydrogen-bond donors (Lipinski definition) is 2. The molecular formula is C22H18N4O2. The number of aryl methyl sites for hydroxylation is 1. The largest absolute Gasteiger partial charge is 0.423 e. The molecule has 0 unspecified atom stereocenters. The van der Waals surface area contributed by atoms with E-state index in [1.165, 1.54) is 0 Å². The molecule has 4 aromatic rings. The highest BCUT2D eigenvalue weighted by Crippen LogP contribution is 2.15. The van der Waals surface area contributed by atoms with E-state index in [4.69, 9.17) is 4.74 Å². The van der Waals surface area contributed by atoms with Gasteiger partial charge in [0.2, 0.25) is 5.95 Å². The first kappa shape index (κ1) is 17.5. The number of benzene rings is 3. The third kappa shape index (κ3) is 4.07. The Kier molecular flexibility index (Phi) is 4.84. The van der Waals surface area contributed by atoms with Crippen LogP contribution in [0.3, 0.4) is 0 Å². The summed E-state index contributed by atoms with van der Waals surface area (Å²) in [5.74, 6) is 0.673. The predicted molar refractivity (Wildman–Crippen MR) is 110 cm³/mol. The lowest BCUT2D eigenvalue weighted by Gasteiger charge is -2.05. The van der Waals surface area contributed by atoms with Crippen molar-refractivity contribution in [2.45, 2.75) is 6.92 Å². The first-order valence-electron chi connectivity index (χ1n) is 8.80. The number of carbonyl (C=O) groups excluding carboxylic acids is 1. The number of rotatable bonds is 5. The summed E-state index contributed by atoms with van der Waals surface area (Å²) in [5.41, 5.74) is 7.09. The molecule has 4 rings (SSSR count). The van der Waals surface area contributed by atoms with E-state index in [2.05, 4.69) is 20.5 Å². The number of imidazole rings is 1. The Morgan fingerprint density at radius 1 is 1.07 bits per heavy atom. The van der Waals surface area contributed by atoms with Crippen molar-refractivity contribution in [2.75, 3.05) is 5.43 Å². The molecule has 6 nitrogen and oxygen atoms in total. The lowest BCUT2D eigenvalue weighted by Crippen LogP contribution is -2.08. The molecule has 0 amide bonds. The van der Waals surface area contributed by atoms with E-state index < -0.39 is 0 Å². The summed E-state index contributed by atoms with van der Waals surface area (Å²) in [6.45, 7) is 1.93. The molecule has 3 aromatic carbocycles. The van der Waals surface area contributed by atoms with Crippen LogP contribution in [-0.2, 0) is 0 Å². The number of H-pyrrole nitrogens is 1. The van der Waals surface area contributed by atoms with Gasteiger partial charge < -0.3 is 9.72 Å². The van der Waals surface area contributed by atoms with Crippen molar-refractivity contribution in [2.24, 2.45) is 5.10 Å². The summed E-state index contributed by atoms with van der Waals surface area (Å²) in [6.07, 6.45) is 1.67. The third-order valence-electron chi connectivity index (χ3n) is 4.12. The molecule has 0 saturated carbocycles. The summed E-state index contributed by atoms with van der Waals surface area (Å²) in [5, 5.41) is 4.18. The highest BCUT2D eigenvalue weighted by molar-refractivity contribution is 5.91. The molecule has 0 radical (unpaired) electrons. The highest BCUT2D eigenvalue weighted by Gasteiger charge is 2.08. The van der Waals surface area contributed by atoms with E-state index in [9.17, 15) is 4.79 Å². The number of ether oxygens (including phenoxy) is 1. The van der Waals surface area contributed by atoms with Crippen molar-refractivity contribution in [3.05, 3.63) is 89.5 Å². The number of carbonyl (C=O) groups is 1. The van der Waals surface area contributed by atoms with E-state index in [1.807, 2.05) is 55.5 Å². The van der Waals surface area contributed by atoms with Crippen LogP contribution in [-0.4, -0.2) is 22.2 Å². The minimum atomic E-state index is -0.378. The normalized spacial score (nSPS) is 11.0. The van der Waals surface area contributed by atoms with E-state index in [0.717, 1.165) is 22.2 Å². The molecule has 2 N–H and O–H groups in total. The number of aromatic nitrogens is 2. The Hall–Kier alpha value is -3.93. The number of hydrazone groups is 1. The Morgan fingerprint density at radius 3 is 2.68 bits per heavy atom. The van der Waals surface area contributed by atoms with Crippen LogP contribution < -0.4 is 10.2 Å². The van der Waals surface area contributed by atoms with Crippen molar-refractivity contribution in [1.29, 1.82) is 0 Å². The molecule has 0 aliphatic heterocycles. The molecule has 0 saturated heterocycles. The van der Waals surface area contributed by atoms with Crippen molar-refractivity contribution in [3.63, 3.8) is 0 Å². The van der Waals surface area contributed by atoms with Crippen LogP contribution in [0.4, 0.5) is 5.95 Å². The molecule has 0 aliphatic carbocycles. The van der Waals surface area contributed by atoms with Gasteiger partial charge in [-0.25, -0.2) is 15.2 Å². The smallest absolute Gasteiger partial charge is 0.343 e. The Morgan fingerprint density at radius 2 is 1.89 bits per heavy atom. The second-order valence-corrected chi connectivity index (χ2v) is 6.30. The fraction of sp³-hybridized carbons (Fsp3) is 0.0455. The van der Waals surface area contributed by atoms with Crippen molar-refractivity contribution in [3.8, 4) is 5.75 Å². The predicted octanol–water partition coefficient (Wildman–Crippen LogP) is 4.54. The lowest BCUT2D eigenvalue weighted by atomic mass is 10.1. The molecule has 1 heterocycles. The van der Waals surface area contributed by atoms with Crippen LogP contribution in [0.2, 0.25) is 0 Å². The van der Waals surface area contributed by atoms with Crippen molar-refractivity contribution in [1.82, 2.24) is 9.97 Å². The molecule has 6 heteroatoms. The van der Waals surface area contributed by atoms with Gasteiger partial charge >= 0.3 is 5.97 Å². The summed E-state index contributed by atoms with van der Waals surface area (Å²) in [4.78, 5) is 19.7. The minimum absolute atomic E-state index is 0.378. The molecule has 0 fully saturated rings. The number of aromatic amines is 1. The van der Waals surface area contributed by atoms with E-state index >= 15 is 0 Å². The number of para-hydroxylation sites is 2. The fourth-order valence-electron chi connectivity index (χ4n) is 2.73. The van der Waals surface area contributed by atoms with Crippen LogP contribution in [0.15, 0.2) is 77.9 Å². The summed E-state index contributed by atoms with van der Waals surface area (Å²) in [6, 6.07) is 22.2. The highest BCUT2D eigenvalue weighted by atomic mass is 16.5. The third-order valence-corrected chi connectivity index (χ3v) is 4.12. The number of hydrogen-bond acceptors (Lipinski definition) is 5. The number of nitrogens with one attached hydrogen (secondary N) is 2. The zero-order chi connectivity index (χ0) is 19.3. The van der Waals surface area contributed by atoms with Gasteiger partial charge in [-0.2, -0.15) is 5.10 Å². The van der Waals surface area contributed by atoms with Gasteiger partial charge in [-0.05, 0) is 61.0 Å². The molecule has 1 aromatic heterocycles. The van der Waals surface area contributed by atoms with Crippen LogP contribution in [0.1, 0.15) is 21.5 Å². The molecule has 28 heavy (non-hydrogen) atoms. The molecule has 138 valence electrons. The van der Waals surface area contributed by atoms with Gasteiger partial charge in [-0.3, -0.25) is 0 Å². The van der Waals surface area contributed by atoms with E-state index in [1.54, 1.807) is 30.5 Å². The number of esters is 1. The first-order chi connectivity index (χ1) is 13.7. The van der Waals surface area contributed by atoms with Crippen molar-refractivity contribution >= 4 is 29.2 Å². The molecular weight excluding hydrogens is 352 g/mol. The Balaban J connectivity index is 1.37. The van der Waals surface area contributed by atoms with Crippen LogP contribution >= 0.6 is 0 Å². The molecule has 0 bridgehead atoms. The van der Waals surface area contributed by atoms with Crippen molar-refractivity contribution < 1.29 is 9.53 Å². The summed E-state index contributed by atoms with van der Waals surface area (Å²) in [7, 11) is 0. The molecule has 0 spiro atoms. The Labute approximate surface area is 161 Å². The SMILES string of the molecule is Cc1cccc(C(=O)Oc2ccc(/C=N\Nc3nc4ccccc4[nH]3)cc2)c1.